The van der Waals surface area contributed by atoms with E-state index >= 15 is 0 Å². The molecule has 0 spiro atoms. The van der Waals surface area contributed by atoms with Gasteiger partial charge in [0.1, 0.15) is 24.3 Å². The summed E-state index contributed by atoms with van der Waals surface area (Å²) >= 11 is 0. The van der Waals surface area contributed by atoms with Gasteiger partial charge >= 0.3 is 0 Å². The summed E-state index contributed by atoms with van der Waals surface area (Å²) in [7, 11) is 0. The van der Waals surface area contributed by atoms with Crippen molar-refractivity contribution >= 4 is 18.3 Å². The summed E-state index contributed by atoms with van der Waals surface area (Å²) in [6.07, 6.45) is -0.151. The second-order valence-corrected chi connectivity index (χ2v) is 5.61. The number of nitrogens with two attached hydrogens (primary N) is 1. The average Bonchev–Trinajstić information content (AvgIpc) is 2.75. The van der Waals surface area contributed by atoms with Crippen LogP contribution in [0.5, 0.6) is 0 Å². The lowest BCUT2D eigenvalue weighted by Gasteiger charge is -2.08. The highest BCUT2D eigenvalue weighted by atomic mass is 19.3. The fraction of sp³-hybridized carbons (Fsp3) is 0.200. The van der Waals surface area contributed by atoms with E-state index in [0.717, 1.165) is 0 Å². The minimum Gasteiger partial charge on any atom is -0.477 e. The van der Waals surface area contributed by atoms with E-state index in [1.807, 2.05) is 6.07 Å². The number of carbonyl (C=O) groups is 1. The van der Waals surface area contributed by atoms with E-state index in [-0.39, 0.29) is 24.3 Å². The normalized spacial score (nSPS) is 11.6. The predicted octanol–water partition coefficient (Wildman–Crippen LogP) is 3.50. The Morgan fingerprint density at radius 2 is 2.03 bits per heavy atom. The number of amides is 1. The summed E-state index contributed by atoms with van der Waals surface area (Å²) in [4.78, 5) is 19.1. The number of alkyl halides is 2. The molecule has 1 aromatic carbocycles. The molecule has 1 atom stereocenters. The molecule has 1 amide bonds. The van der Waals surface area contributed by atoms with Gasteiger partial charge < -0.3 is 10.1 Å². The molecule has 1 aromatic heterocycles. The van der Waals surface area contributed by atoms with Gasteiger partial charge in [0, 0.05) is 11.9 Å². The maximum absolute atomic E-state index is 12.7. The summed E-state index contributed by atoms with van der Waals surface area (Å²) in [6.45, 7) is 4.56. The molecular formula is C20H20F3N5O2. The van der Waals surface area contributed by atoms with Crippen molar-refractivity contribution in [1.29, 1.82) is 5.26 Å². The smallest absolute Gasteiger partial charge is 0.294 e. The number of nitriles is 1. The van der Waals surface area contributed by atoms with E-state index in [1.165, 1.54) is 48.7 Å². The maximum Gasteiger partial charge on any atom is 0.294 e. The van der Waals surface area contributed by atoms with Crippen LogP contribution in [0.3, 0.4) is 0 Å². The van der Waals surface area contributed by atoms with Gasteiger partial charge in [-0.15, -0.1) is 0 Å². The number of hydrogen-bond acceptors (Lipinski definition) is 6. The quantitative estimate of drug-likeness (QED) is 0.405. The molecule has 2 rings (SSSR count). The van der Waals surface area contributed by atoms with Crippen LogP contribution in [0.4, 0.5) is 18.9 Å². The van der Waals surface area contributed by atoms with Gasteiger partial charge in [0.15, 0.2) is 5.76 Å². The number of carbonyl (C=O) groups excluding carboxylic acids is 1. The van der Waals surface area contributed by atoms with Gasteiger partial charge in [0.25, 0.3) is 12.3 Å². The third-order valence-electron chi connectivity index (χ3n) is 3.39. The zero-order chi connectivity index (χ0) is 22.5. The average molecular weight is 419 g/mol. The molecule has 0 saturated carbocycles. The third-order valence-corrected chi connectivity index (χ3v) is 3.39. The number of nitrogens with zero attached hydrogens (tertiary/aromatic N) is 3. The molecule has 0 aliphatic carbocycles. The SMILES string of the molecule is C=N[C@@H](C)/C=C(\OCN)C(F)F.N#Cc1ccc(C(=O)Nc2ccc(F)cc2)nc1. The number of pyridine rings is 1. The van der Waals surface area contributed by atoms with Crippen LogP contribution in [0.15, 0.2) is 59.4 Å². The minimum atomic E-state index is -2.65. The number of anilines is 1. The number of hydrogen-bond donors (Lipinski definition) is 2. The minimum absolute atomic E-state index is 0.193. The zero-order valence-electron chi connectivity index (χ0n) is 16.1. The molecule has 0 aliphatic heterocycles. The standard InChI is InChI=1S/C13H8FN3O.C7H12F2N2O/c14-10-2-4-11(5-3-10)17-13(18)12-6-1-9(7-15)8-16-12;1-5(11-2)3-6(7(8)9)12-4-10/h1-6,8H,(H,17,18);3,5,7H,2,4,10H2,1H3/b;6-3-/t;5-/m.0/s1. The molecule has 3 N–H and O–H groups in total. The number of ether oxygens (including phenoxy) is 1. The molecule has 0 fully saturated rings. The monoisotopic (exact) mass is 419 g/mol. The number of halogens is 3. The van der Waals surface area contributed by atoms with E-state index in [0.29, 0.717) is 11.3 Å². The van der Waals surface area contributed by atoms with Crippen molar-refractivity contribution in [2.45, 2.75) is 19.4 Å². The summed E-state index contributed by atoms with van der Waals surface area (Å²) < 4.78 is 41.3. The Morgan fingerprint density at radius 3 is 2.50 bits per heavy atom. The molecule has 2 aromatic rings. The molecular weight excluding hydrogens is 399 g/mol. The summed E-state index contributed by atoms with van der Waals surface area (Å²) in [5.74, 6) is -1.23. The number of nitrogens with one attached hydrogen (secondary N) is 1. The number of aliphatic imine (C=N–C) groups is 1. The van der Waals surface area contributed by atoms with Crippen molar-refractivity contribution in [1.82, 2.24) is 4.98 Å². The van der Waals surface area contributed by atoms with Crippen molar-refractivity contribution < 1.29 is 22.7 Å². The van der Waals surface area contributed by atoms with Crippen LogP contribution in [0.1, 0.15) is 23.0 Å². The van der Waals surface area contributed by atoms with Crippen LogP contribution in [-0.2, 0) is 4.74 Å². The Labute approximate surface area is 171 Å². The van der Waals surface area contributed by atoms with Gasteiger partial charge in [0.2, 0.25) is 0 Å². The maximum atomic E-state index is 12.7. The first-order chi connectivity index (χ1) is 14.3. The highest BCUT2D eigenvalue weighted by Gasteiger charge is 2.12. The lowest BCUT2D eigenvalue weighted by atomic mass is 10.2. The first-order valence-electron chi connectivity index (χ1n) is 8.52. The van der Waals surface area contributed by atoms with Gasteiger partial charge in [-0.05, 0) is 56.1 Å². The van der Waals surface area contributed by atoms with Crippen molar-refractivity contribution in [3.05, 3.63) is 71.5 Å². The van der Waals surface area contributed by atoms with Gasteiger partial charge in [-0.25, -0.2) is 18.2 Å². The van der Waals surface area contributed by atoms with E-state index < -0.39 is 18.1 Å². The van der Waals surface area contributed by atoms with E-state index in [2.05, 4.69) is 26.7 Å². The Balaban J connectivity index is 0.000000329. The summed E-state index contributed by atoms with van der Waals surface area (Å²) in [6, 6.07) is 9.90. The van der Waals surface area contributed by atoms with E-state index in [4.69, 9.17) is 11.0 Å². The van der Waals surface area contributed by atoms with Crippen LogP contribution >= 0.6 is 0 Å². The fourth-order valence-corrected chi connectivity index (χ4v) is 1.89. The Morgan fingerprint density at radius 1 is 1.37 bits per heavy atom. The van der Waals surface area contributed by atoms with Crippen molar-refractivity contribution in [3.63, 3.8) is 0 Å². The lowest BCUT2D eigenvalue weighted by molar-refractivity contribution is 0.0839. The van der Waals surface area contributed by atoms with Gasteiger partial charge in [-0.2, -0.15) is 5.26 Å². The Hall–Kier alpha value is -3.71. The molecule has 0 saturated heterocycles. The largest absolute Gasteiger partial charge is 0.477 e. The van der Waals surface area contributed by atoms with Gasteiger partial charge in [0.05, 0.1) is 11.6 Å². The molecule has 0 unspecified atom stereocenters. The summed E-state index contributed by atoms with van der Waals surface area (Å²) in [5, 5.41) is 11.2. The molecule has 1 heterocycles. The number of allylic oxidation sites excluding steroid dienone is 1. The molecule has 10 heteroatoms. The second kappa shape index (κ2) is 12.7. The Kier molecular flexibility index (Phi) is 10.3. The Bertz CT molecular complexity index is 894. The number of aromatic nitrogens is 1. The van der Waals surface area contributed by atoms with Crippen molar-refractivity contribution in [2.24, 2.45) is 10.7 Å². The number of rotatable bonds is 7. The highest BCUT2D eigenvalue weighted by molar-refractivity contribution is 6.02. The topological polar surface area (TPSA) is 113 Å². The molecule has 30 heavy (non-hydrogen) atoms. The first kappa shape index (κ1) is 24.3. The lowest BCUT2D eigenvalue weighted by Crippen LogP contribution is -2.13. The molecule has 0 aliphatic rings. The second-order valence-electron chi connectivity index (χ2n) is 5.61. The van der Waals surface area contributed by atoms with Crippen molar-refractivity contribution in [3.8, 4) is 6.07 Å². The molecule has 158 valence electrons. The first-order valence-corrected chi connectivity index (χ1v) is 8.52. The zero-order valence-corrected chi connectivity index (χ0v) is 16.1. The summed E-state index contributed by atoms with van der Waals surface area (Å²) in [5.41, 5.74) is 6.00. The van der Waals surface area contributed by atoms with Crippen LogP contribution in [-0.4, -0.2) is 36.8 Å². The number of benzene rings is 1. The van der Waals surface area contributed by atoms with Crippen LogP contribution < -0.4 is 11.1 Å². The van der Waals surface area contributed by atoms with Crippen molar-refractivity contribution in [2.75, 3.05) is 12.0 Å². The molecule has 0 bridgehead atoms. The van der Waals surface area contributed by atoms with Gasteiger partial charge in [-0.3, -0.25) is 15.5 Å². The van der Waals surface area contributed by atoms with Crippen LogP contribution in [0, 0.1) is 17.1 Å². The van der Waals surface area contributed by atoms with Crippen LogP contribution in [0.25, 0.3) is 0 Å². The fourth-order valence-electron chi connectivity index (χ4n) is 1.89. The van der Waals surface area contributed by atoms with Gasteiger partial charge in [-0.1, -0.05) is 0 Å². The van der Waals surface area contributed by atoms with Crippen LogP contribution in [0.2, 0.25) is 0 Å². The van der Waals surface area contributed by atoms with E-state index in [9.17, 15) is 18.0 Å². The molecule has 0 radical (unpaired) electrons. The van der Waals surface area contributed by atoms with E-state index in [1.54, 1.807) is 6.92 Å². The third kappa shape index (κ3) is 8.53. The predicted molar refractivity (Wildman–Crippen MR) is 107 cm³/mol. The highest BCUT2D eigenvalue weighted by Crippen LogP contribution is 2.11. The molecule has 7 nitrogen and oxygen atoms in total.